The molecule has 90 valence electrons. The van der Waals surface area contributed by atoms with E-state index in [1.54, 1.807) is 11.3 Å². The topological polar surface area (TPSA) is 12.0 Å². The van der Waals surface area contributed by atoms with Gasteiger partial charge >= 0.3 is 0 Å². The quantitative estimate of drug-likeness (QED) is 0.794. The summed E-state index contributed by atoms with van der Waals surface area (Å²) in [6.45, 7) is 4.26. The molecule has 0 saturated heterocycles. The van der Waals surface area contributed by atoms with E-state index >= 15 is 0 Å². The van der Waals surface area contributed by atoms with Crippen molar-refractivity contribution in [1.82, 2.24) is 0 Å². The molecule has 1 nitrogen and oxygen atoms in total. The second-order valence-electron chi connectivity index (χ2n) is 4.10. The van der Waals surface area contributed by atoms with Crippen molar-refractivity contribution in [2.24, 2.45) is 0 Å². The zero-order chi connectivity index (χ0) is 12.3. The molecular weight excluding hydrogens is 250 g/mol. The number of hydrogen-bond acceptors (Lipinski definition) is 2. The highest BCUT2D eigenvalue weighted by Gasteiger charge is 2.11. The molecule has 1 heterocycles. The first-order chi connectivity index (χ1) is 8.20. The van der Waals surface area contributed by atoms with E-state index in [9.17, 15) is 0 Å². The molecule has 2 aromatic rings. The van der Waals surface area contributed by atoms with Gasteiger partial charge in [-0.25, -0.2) is 0 Å². The normalized spacial score (nSPS) is 12.4. The van der Waals surface area contributed by atoms with E-state index in [-0.39, 0.29) is 0 Å². The maximum Gasteiger partial charge on any atom is 0.0637 e. The second kappa shape index (κ2) is 5.56. The zero-order valence-corrected chi connectivity index (χ0v) is 11.6. The molecule has 0 aliphatic rings. The minimum Gasteiger partial charge on any atom is -0.376 e. The van der Waals surface area contributed by atoms with Gasteiger partial charge in [0.2, 0.25) is 0 Å². The second-order valence-corrected chi connectivity index (χ2v) is 5.49. The number of halogens is 1. The van der Waals surface area contributed by atoms with Gasteiger partial charge in [-0.1, -0.05) is 30.7 Å². The molecule has 1 N–H and O–H groups in total. The molecule has 1 aromatic carbocycles. The van der Waals surface area contributed by atoms with Crippen LogP contribution in [0.1, 0.15) is 29.8 Å². The number of hydrogen-bond donors (Lipinski definition) is 1. The lowest BCUT2D eigenvalue weighted by Crippen LogP contribution is -2.08. The van der Waals surface area contributed by atoms with Crippen molar-refractivity contribution in [3.8, 4) is 0 Å². The Morgan fingerprint density at radius 3 is 2.82 bits per heavy atom. The summed E-state index contributed by atoms with van der Waals surface area (Å²) in [4.78, 5) is 1.35. The standard InChI is InChI=1S/C14H16ClNS/c1-3-12(14-5-4-8-17-14)16-13-9-10(2)6-7-11(13)15/h4-9,12,16H,3H2,1-2H3. The first kappa shape index (κ1) is 12.5. The summed E-state index contributed by atoms with van der Waals surface area (Å²) in [5.74, 6) is 0. The highest BCUT2D eigenvalue weighted by atomic mass is 35.5. The molecule has 2 rings (SSSR count). The highest BCUT2D eigenvalue weighted by Crippen LogP contribution is 2.30. The van der Waals surface area contributed by atoms with E-state index in [1.807, 2.05) is 12.1 Å². The van der Waals surface area contributed by atoms with Crippen LogP contribution in [0.15, 0.2) is 35.7 Å². The Kier molecular flexibility index (Phi) is 4.08. The molecule has 0 radical (unpaired) electrons. The van der Waals surface area contributed by atoms with Gasteiger partial charge in [-0.2, -0.15) is 0 Å². The number of nitrogens with one attached hydrogen (secondary N) is 1. The van der Waals surface area contributed by atoms with Crippen molar-refractivity contribution >= 4 is 28.6 Å². The van der Waals surface area contributed by atoms with Gasteiger partial charge in [-0.3, -0.25) is 0 Å². The zero-order valence-electron chi connectivity index (χ0n) is 10.0. The van der Waals surface area contributed by atoms with Crippen LogP contribution < -0.4 is 5.32 Å². The summed E-state index contributed by atoms with van der Waals surface area (Å²) >= 11 is 7.98. The minimum absolute atomic E-state index is 0.342. The first-order valence-electron chi connectivity index (χ1n) is 5.76. The lowest BCUT2D eigenvalue weighted by molar-refractivity contribution is 0.764. The molecule has 0 aliphatic heterocycles. The van der Waals surface area contributed by atoms with E-state index in [0.717, 1.165) is 17.1 Å². The fourth-order valence-corrected chi connectivity index (χ4v) is 2.83. The molecule has 0 bridgehead atoms. The Bertz CT molecular complexity index is 479. The van der Waals surface area contributed by atoms with Crippen molar-refractivity contribution in [1.29, 1.82) is 0 Å². The smallest absolute Gasteiger partial charge is 0.0637 e. The van der Waals surface area contributed by atoms with E-state index in [2.05, 4.69) is 42.7 Å². The number of anilines is 1. The molecule has 0 fully saturated rings. The first-order valence-corrected chi connectivity index (χ1v) is 7.02. The molecule has 3 heteroatoms. The Hall–Kier alpha value is -0.990. The summed E-state index contributed by atoms with van der Waals surface area (Å²) in [5.41, 5.74) is 2.24. The highest BCUT2D eigenvalue weighted by molar-refractivity contribution is 7.10. The van der Waals surface area contributed by atoms with Gasteiger partial charge in [0.25, 0.3) is 0 Å². The molecule has 1 atom stereocenters. The maximum atomic E-state index is 6.20. The Morgan fingerprint density at radius 2 is 2.18 bits per heavy atom. The Balaban J connectivity index is 2.21. The SMILES string of the molecule is CCC(Nc1cc(C)ccc1Cl)c1cccs1. The summed E-state index contributed by atoms with van der Waals surface area (Å²) < 4.78 is 0. The third-order valence-electron chi connectivity index (χ3n) is 2.75. The molecule has 1 unspecified atom stereocenters. The average Bonchev–Trinajstić information content (AvgIpc) is 2.84. The van der Waals surface area contributed by atoms with Crippen LogP contribution in [-0.4, -0.2) is 0 Å². The summed E-state index contributed by atoms with van der Waals surface area (Å²) in [6, 6.07) is 10.7. The van der Waals surface area contributed by atoms with Crippen LogP contribution in [0.3, 0.4) is 0 Å². The van der Waals surface area contributed by atoms with Crippen molar-refractivity contribution in [3.63, 3.8) is 0 Å². The lowest BCUT2D eigenvalue weighted by atomic mass is 10.1. The summed E-state index contributed by atoms with van der Waals surface area (Å²) in [6.07, 6.45) is 1.05. The molecule has 0 amide bonds. The van der Waals surface area contributed by atoms with Crippen LogP contribution in [-0.2, 0) is 0 Å². The van der Waals surface area contributed by atoms with Crippen molar-refractivity contribution < 1.29 is 0 Å². The Labute approximate surface area is 111 Å². The summed E-state index contributed by atoms with van der Waals surface area (Å²) in [7, 11) is 0. The number of benzene rings is 1. The number of aryl methyl sites for hydroxylation is 1. The van der Waals surface area contributed by atoms with Gasteiger partial charge in [0.1, 0.15) is 0 Å². The third kappa shape index (κ3) is 3.02. The number of rotatable bonds is 4. The molecule has 17 heavy (non-hydrogen) atoms. The van der Waals surface area contributed by atoms with E-state index < -0.39 is 0 Å². The maximum absolute atomic E-state index is 6.20. The lowest BCUT2D eigenvalue weighted by Gasteiger charge is -2.18. The van der Waals surface area contributed by atoms with E-state index in [1.165, 1.54) is 10.4 Å². The molecule has 1 aromatic heterocycles. The van der Waals surface area contributed by atoms with E-state index in [0.29, 0.717) is 6.04 Å². The van der Waals surface area contributed by atoms with E-state index in [4.69, 9.17) is 11.6 Å². The molecular formula is C14H16ClNS. The predicted octanol–water partition coefficient (Wildman–Crippen LogP) is 5.27. The summed E-state index contributed by atoms with van der Waals surface area (Å²) in [5, 5.41) is 6.41. The third-order valence-corrected chi connectivity index (χ3v) is 4.06. The van der Waals surface area contributed by atoms with Gasteiger partial charge in [-0.15, -0.1) is 11.3 Å². The van der Waals surface area contributed by atoms with Crippen LogP contribution >= 0.6 is 22.9 Å². The van der Waals surface area contributed by atoms with Crippen molar-refractivity contribution in [2.75, 3.05) is 5.32 Å². The fourth-order valence-electron chi connectivity index (χ4n) is 1.80. The monoisotopic (exact) mass is 265 g/mol. The van der Waals surface area contributed by atoms with Gasteiger partial charge in [0.05, 0.1) is 16.8 Å². The van der Waals surface area contributed by atoms with Crippen LogP contribution in [0.2, 0.25) is 5.02 Å². The van der Waals surface area contributed by atoms with Gasteiger partial charge in [0.15, 0.2) is 0 Å². The predicted molar refractivity (Wildman–Crippen MR) is 77.2 cm³/mol. The van der Waals surface area contributed by atoms with Crippen LogP contribution in [0, 0.1) is 6.92 Å². The molecule has 0 spiro atoms. The molecule has 0 saturated carbocycles. The van der Waals surface area contributed by atoms with Gasteiger partial charge < -0.3 is 5.32 Å². The van der Waals surface area contributed by atoms with Gasteiger partial charge in [-0.05, 0) is 42.5 Å². The van der Waals surface area contributed by atoms with Crippen LogP contribution in [0.25, 0.3) is 0 Å². The van der Waals surface area contributed by atoms with Crippen molar-refractivity contribution in [2.45, 2.75) is 26.3 Å². The average molecular weight is 266 g/mol. The largest absolute Gasteiger partial charge is 0.376 e. The van der Waals surface area contributed by atoms with Gasteiger partial charge in [0, 0.05) is 4.88 Å². The van der Waals surface area contributed by atoms with Crippen LogP contribution in [0.4, 0.5) is 5.69 Å². The Morgan fingerprint density at radius 1 is 1.35 bits per heavy atom. The molecule has 0 aliphatic carbocycles. The van der Waals surface area contributed by atoms with Crippen molar-refractivity contribution in [3.05, 3.63) is 51.2 Å². The minimum atomic E-state index is 0.342. The number of thiophene rings is 1. The fraction of sp³-hybridized carbons (Fsp3) is 0.286. The van der Waals surface area contributed by atoms with Crippen LogP contribution in [0.5, 0.6) is 0 Å².